The number of amides is 2. The smallest absolute Gasteiger partial charge is 0.241 e. The average molecular weight is 271 g/mol. The number of likely N-dealkylation sites (tertiary alicyclic amines) is 1. The lowest BCUT2D eigenvalue weighted by Gasteiger charge is -2.27. The van der Waals surface area contributed by atoms with E-state index in [0.717, 1.165) is 44.0 Å². The van der Waals surface area contributed by atoms with Gasteiger partial charge in [-0.1, -0.05) is 0 Å². The summed E-state index contributed by atoms with van der Waals surface area (Å²) in [5, 5.41) is 5.91. The molecule has 0 aromatic rings. The number of carbonyl (C=O) groups excluding carboxylic acids is 2. The Morgan fingerprint density at radius 1 is 1.28 bits per heavy atom. The van der Waals surface area contributed by atoms with E-state index < -0.39 is 0 Å². The summed E-state index contributed by atoms with van der Waals surface area (Å²) in [7, 11) is 0. The molecule has 2 amide bonds. The van der Waals surface area contributed by atoms with Gasteiger partial charge in [0.1, 0.15) is 0 Å². The Morgan fingerprint density at radius 3 is 2.72 bits per heavy atom. The lowest BCUT2D eigenvalue weighted by Crippen LogP contribution is -2.51. The van der Waals surface area contributed by atoms with Gasteiger partial charge in [0, 0.05) is 31.1 Å². The summed E-state index contributed by atoms with van der Waals surface area (Å²) in [6, 6.07) is -0.141. The maximum atomic E-state index is 11.9. The van der Waals surface area contributed by atoms with E-state index in [1.807, 2.05) is 4.90 Å². The zero-order chi connectivity index (χ0) is 12.8. The van der Waals surface area contributed by atoms with Gasteiger partial charge in [-0.2, -0.15) is 11.8 Å². The van der Waals surface area contributed by atoms with Gasteiger partial charge in [0.05, 0.1) is 12.6 Å². The van der Waals surface area contributed by atoms with Crippen LogP contribution in [-0.2, 0) is 9.59 Å². The summed E-state index contributed by atoms with van der Waals surface area (Å²) in [6.45, 7) is 2.68. The molecule has 18 heavy (non-hydrogen) atoms. The molecule has 2 aliphatic rings. The molecule has 0 radical (unpaired) electrons. The van der Waals surface area contributed by atoms with Crippen molar-refractivity contribution in [2.45, 2.75) is 25.3 Å². The Morgan fingerprint density at radius 2 is 2.06 bits per heavy atom. The van der Waals surface area contributed by atoms with Crippen molar-refractivity contribution in [2.24, 2.45) is 0 Å². The predicted molar refractivity (Wildman–Crippen MR) is 72.6 cm³/mol. The van der Waals surface area contributed by atoms with Gasteiger partial charge in [-0.25, -0.2) is 0 Å². The van der Waals surface area contributed by atoms with E-state index in [9.17, 15) is 9.59 Å². The van der Waals surface area contributed by atoms with Gasteiger partial charge in [0.25, 0.3) is 0 Å². The summed E-state index contributed by atoms with van der Waals surface area (Å²) >= 11 is 1.77. The topological polar surface area (TPSA) is 61.4 Å². The van der Waals surface area contributed by atoms with Gasteiger partial charge in [-0.05, 0) is 19.3 Å². The third-order valence-electron chi connectivity index (χ3n) is 3.36. The highest BCUT2D eigenvalue weighted by molar-refractivity contribution is 7.99. The molecular formula is C12H21N3O2S. The van der Waals surface area contributed by atoms with Crippen molar-refractivity contribution in [2.75, 3.05) is 37.7 Å². The minimum absolute atomic E-state index is 0.0477. The molecule has 0 aromatic carbocycles. The van der Waals surface area contributed by atoms with Gasteiger partial charge in [-0.3, -0.25) is 9.59 Å². The fourth-order valence-electron chi connectivity index (χ4n) is 2.27. The molecule has 0 aliphatic carbocycles. The van der Waals surface area contributed by atoms with Crippen molar-refractivity contribution < 1.29 is 9.59 Å². The molecule has 102 valence electrons. The summed E-state index contributed by atoms with van der Waals surface area (Å²) < 4.78 is 0. The summed E-state index contributed by atoms with van der Waals surface area (Å²) in [4.78, 5) is 25.6. The van der Waals surface area contributed by atoms with Crippen molar-refractivity contribution in [3.8, 4) is 0 Å². The van der Waals surface area contributed by atoms with Crippen molar-refractivity contribution in [1.82, 2.24) is 15.5 Å². The van der Waals surface area contributed by atoms with Crippen LogP contribution in [0.25, 0.3) is 0 Å². The number of carbonyl (C=O) groups is 2. The number of thioether (sulfide) groups is 1. The first-order valence-electron chi connectivity index (χ1n) is 6.64. The van der Waals surface area contributed by atoms with Crippen LogP contribution in [0.15, 0.2) is 0 Å². The molecule has 2 aliphatic heterocycles. The predicted octanol–water partition coefficient (Wildman–Crippen LogP) is -0.180. The van der Waals surface area contributed by atoms with Crippen molar-refractivity contribution >= 4 is 23.6 Å². The first-order valence-corrected chi connectivity index (χ1v) is 7.79. The van der Waals surface area contributed by atoms with Gasteiger partial charge < -0.3 is 15.5 Å². The third kappa shape index (κ3) is 3.88. The van der Waals surface area contributed by atoms with Crippen LogP contribution in [0.4, 0.5) is 0 Å². The molecule has 0 spiro atoms. The van der Waals surface area contributed by atoms with Crippen molar-refractivity contribution in [3.63, 3.8) is 0 Å². The Hall–Kier alpha value is -0.750. The van der Waals surface area contributed by atoms with E-state index in [-0.39, 0.29) is 24.4 Å². The number of rotatable bonds is 3. The molecule has 2 rings (SSSR count). The van der Waals surface area contributed by atoms with E-state index >= 15 is 0 Å². The van der Waals surface area contributed by atoms with Crippen LogP contribution >= 0.6 is 11.8 Å². The molecule has 1 atom stereocenters. The normalized spacial score (nSPS) is 24.7. The molecule has 1 unspecified atom stereocenters. The van der Waals surface area contributed by atoms with Crippen LogP contribution in [0.3, 0.4) is 0 Å². The maximum absolute atomic E-state index is 11.9. The van der Waals surface area contributed by atoms with Crippen LogP contribution in [0.2, 0.25) is 0 Å². The van der Waals surface area contributed by atoms with Gasteiger partial charge >= 0.3 is 0 Å². The molecule has 0 aromatic heterocycles. The largest absolute Gasteiger partial charge is 0.346 e. The van der Waals surface area contributed by atoms with Crippen LogP contribution in [-0.4, -0.2) is 60.4 Å². The van der Waals surface area contributed by atoms with Gasteiger partial charge in [0.15, 0.2) is 0 Å². The highest BCUT2D eigenvalue weighted by Gasteiger charge is 2.22. The zero-order valence-electron chi connectivity index (χ0n) is 10.6. The Labute approximate surface area is 112 Å². The van der Waals surface area contributed by atoms with E-state index in [0.29, 0.717) is 0 Å². The second kappa shape index (κ2) is 6.99. The minimum atomic E-state index is -0.141. The molecule has 2 saturated heterocycles. The Kier molecular flexibility index (Phi) is 5.31. The SMILES string of the molecule is O=C(NCC(=O)N1CCCCC1)C1CSCCN1. The van der Waals surface area contributed by atoms with Crippen LogP contribution in [0.1, 0.15) is 19.3 Å². The second-order valence-corrected chi connectivity index (χ2v) is 5.89. The maximum Gasteiger partial charge on any atom is 0.241 e. The molecule has 0 bridgehead atoms. The molecule has 5 nitrogen and oxygen atoms in total. The van der Waals surface area contributed by atoms with E-state index in [2.05, 4.69) is 10.6 Å². The highest BCUT2D eigenvalue weighted by Crippen LogP contribution is 2.09. The minimum Gasteiger partial charge on any atom is -0.346 e. The number of nitrogens with one attached hydrogen (secondary N) is 2. The summed E-state index contributed by atoms with van der Waals surface area (Å²) in [6.07, 6.45) is 3.38. The Balaban J connectivity index is 1.69. The summed E-state index contributed by atoms with van der Waals surface area (Å²) in [5.74, 6) is 1.85. The fraction of sp³-hybridized carbons (Fsp3) is 0.833. The van der Waals surface area contributed by atoms with Crippen LogP contribution in [0.5, 0.6) is 0 Å². The van der Waals surface area contributed by atoms with E-state index in [1.54, 1.807) is 11.8 Å². The van der Waals surface area contributed by atoms with Gasteiger partial charge in [0.2, 0.25) is 11.8 Å². The summed E-state index contributed by atoms with van der Waals surface area (Å²) in [5.41, 5.74) is 0. The monoisotopic (exact) mass is 271 g/mol. The zero-order valence-corrected chi connectivity index (χ0v) is 11.4. The van der Waals surface area contributed by atoms with E-state index in [1.165, 1.54) is 6.42 Å². The first kappa shape index (κ1) is 13.7. The second-order valence-electron chi connectivity index (χ2n) is 4.74. The lowest BCUT2D eigenvalue weighted by molar-refractivity contribution is -0.133. The third-order valence-corrected chi connectivity index (χ3v) is 4.42. The van der Waals surface area contributed by atoms with Crippen LogP contribution in [0, 0.1) is 0 Å². The highest BCUT2D eigenvalue weighted by atomic mass is 32.2. The first-order chi connectivity index (χ1) is 8.77. The molecule has 6 heteroatoms. The van der Waals surface area contributed by atoms with Gasteiger partial charge in [-0.15, -0.1) is 0 Å². The van der Waals surface area contributed by atoms with Crippen molar-refractivity contribution in [3.05, 3.63) is 0 Å². The molecular weight excluding hydrogens is 250 g/mol. The number of hydrogen-bond acceptors (Lipinski definition) is 4. The molecule has 2 heterocycles. The molecule has 0 saturated carbocycles. The number of nitrogens with zero attached hydrogens (tertiary/aromatic N) is 1. The number of hydrogen-bond donors (Lipinski definition) is 2. The Bertz CT molecular complexity index is 270. The number of piperidine rings is 1. The average Bonchev–Trinajstić information content (AvgIpc) is 2.46. The van der Waals surface area contributed by atoms with Crippen molar-refractivity contribution in [1.29, 1.82) is 0 Å². The quantitative estimate of drug-likeness (QED) is 0.747. The lowest BCUT2D eigenvalue weighted by atomic mass is 10.1. The molecule has 2 N–H and O–H groups in total. The molecule has 2 fully saturated rings. The van der Waals surface area contributed by atoms with Crippen LogP contribution < -0.4 is 10.6 Å². The standard InChI is InChI=1S/C12H21N3O2S/c16-11(15-5-2-1-3-6-15)8-14-12(17)10-9-18-7-4-13-10/h10,13H,1-9H2,(H,14,17). The van der Waals surface area contributed by atoms with E-state index in [4.69, 9.17) is 0 Å². The fourth-order valence-corrected chi connectivity index (χ4v) is 3.21.